The van der Waals surface area contributed by atoms with Crippen molar-refractivity contribution >= 4 is 12.0 Å². The molecule has 2 amide bonds. The molecule has 2 unspecified atom stereocenters. The second kappa shape index (κ2) is 5.73. The highest BCUT2D eigenvalue weighted by Crippen LogP contribution is 2.23. The van der Waals surface area contributed by atoms with Gasteiger partial charge >= 0.3 is 12.0 Å². The third-order valence-electron chi connectivity index (χ3n) is 3.43. The van der Waals surface area contributed by atoms with Crippen LogP contribution in [0.1, 0.15) is 25.5 Å². The fourth-order valence-electron chi connectivity index (χ4n) is 2.45. The summed E-state index contributed by atoms with van der Waals surface area (Å²) < 4.78 is 0. The van der Waals surface area contributed by atoms with Gasteiger partial charge in [0.05, 0.1) is 18.6 Å². The highest BCUT2D eigenvalue weighted by Gasteiger charge is 2.36. The summed E-state index contributed by atoms with van der Waals surface area (Å²) in [5.41, 5.74) is 0.783. The number of piperidine rings is 1. The van der Waals surface area contributed by atoms with Crippen LogP contribution in [0.3, 0.4) is 0 Å². The number of H-pyrrole nitrogens is 1. The second-order valence-electron chi connectivity index (χ2n) is 4.83. The molecule has 0 saturated carbocycles. The molecule has 7 nitrogen and oxygen atoms in total. The zero-order valence-corrected chi connectivity index (χ0v) is 10.8. The van der Waals surface area contributed by atoms with Crippen LogP contribution in [0.4, 0.5) is 4.79 Å². The first-order valence-electron chi connectivity index (χ1n) is 6.34. The molecule has 1 fully saturated rings. The van der Waals surface area contributed by atoms with Crippen LogP contribution in [0.15, 0.2) is 12.5 Å². The number of nitrogens with zero attached hydrogens (tertiary/aromatic N) is 2. The average molecular weight is 266 g/mol. The molecular weight excluding hydrogens is 248 g/mol. The first kappa shape index (κ1) is 13.4. The van der Waals surface area contributed by atoms with Crippen molar-refractivity contribution in [3.8, 4) is 0 Å². The monoisotopic (exact) mass is 266 g/mol. The maximum Gasteiger partial charge on any atom is 0.326 e. The summed E-state index contributed by atoms with van der Waals surface area (Å²) in [6.07, 6.45) is 4.82. The number of hydrogen-bond acceptors (Lipinski definition) is 3. The maximum atomic E-state index is 12.1. The first-order chi connectivity index (χ1) is 9.09. The van der Waals surface area contributed by atoms with E-state index in [4.69, 9.17) is 0 Å². The number of carbonyl (C=O) groups is 2. The van der Waals surface area contributed by atoms with E-state index in [0.717, 1.165) is 18.5 Å². The number of aliphatic carboxylic acids is 1. The van der Waals surface area contributed by atoms with Crippen molar-refractivity contribution in [3.63, 3.8) is 0 Å². The van der Waals surface area contributed by atoms with Crippen LogP contribution in [-0.2, 0) is 11.3 Å². The lowest BCUT2D eigenvalue weighted by Crippen LogP contribution is -2.54. The van der Waals surface area contributed by atoms with Crippen LogP contribution < -0.4 is 5.32 Å². The quantitative estimate of drug-likeness (QED) is 0.753. The normalized spacial score (nSPS) is 23.1. The predicted octanol–water partition coefficient (Wildman–Crippen LogP) is 0.804. The third kappa shape index (κ3) is 3.04. The largest absolute Gasteiger partial charge is 0.480 e. The van der Waals surface area contributed by atoms with Crippen molar-refractivity contribution in [2.75, 3.05) is 6.54 Å². The molecule has 3 N–H and O–H groups in total. The van der Waals surface area contributed by atoms with E-state index >= 15 is 0 Å². The molecular formula is C12H18N4O3. The highest BCUT2D eigenvalue weighted by molar-refractivity contribution is 5.83. The van der Waals surface area contributed by atoms with E-state index in [9.17, 15) is 14.7 Å². The van der Waals surface area contributed by atoms with Crippen LogP contribution in [0.25, 0.3) is 0 Å². The van der Waals surface area contributed by atoms with E-state index < -0.39 is 12.0 Å². The number of carbonyl (C=O) groups excluding carboxylic acids is 1. The second-order valence-corrected chi connectivity index (χ2v) is 4.83. The Labute approximate surface area is 111 Å². The van der Waals surface area contributed by atoms with Gasteiger partial charge in [-0.2, -0.15) is 0 Å². The number of carboxylic acid groups (broad SMARTS) is 1. The van der Waals surface area contributed by atoms with E-state index in [2.05, 4.69) is 15.3 Å². The van der Waals surface area contributed by atoms with E-state index in [0.29, 0.717) is 13.1 Å². The van der Waals surface area contributed by atoms with Crippen molar-refractivity contribution < 1.29 is 14.7 Å². The topological polar surface area (TPSA) is 98.3 Å². The van der Waals surface area contributed by atoms with Crippen molar-refractivity contribution in [1.29, 1.82) is 0 Å². The summed E-state index contributed by atoms with van der Waals surface area (Å²) in [7, 11) is 0. The van der Waals surface area contributed by atoms with Crippen molar-refractivity contribution in [2.24, 2.45) is 5.92 Å². The maximum absolute atomic E-state index is 12.1. The molecule has 0 aromatic carbocycles. The summed E-state index contributed by atoms with van der Waals surface area (Å²) in [5.74, 6) is -0.965. The smallest absolute Gasteiger partial charge is 0.326 e. The van der Waals surface area contributed by atoms with Gasteiger partial charge in [-0.3, -0.25) is 0 Å². The Morgan fingerprint density at radius 3 is 3.05 bits per heavy atom. The molecule has 0 bridgehead atoms. The van der Waals surface area contributed by atoms with Gasteiger partial charge in [-0.25, -0.2) is 14.6 Å². The minimum absolute atomic E-state index is 0.0239. The molecule has 2 rings (SSSR count). The fourth-order valence-corrected chi connectivity index (χ4v) is 2.45. The number of nitrogens with one attached hydrogen (secondary N) is 2. The number of likely N-dealkylation sites (tertiary alicyclic amines) is 1. The number of rotatable bonds is 3. The van der Waals surface area contributed by atoms with Crippen LogP contribution in [-0.4, -0.2) is 44.6 Å². The van der Waals surface area contributed by atoms with Gasteiger partial charge in [0.15, 0.2) is 0 Å². The molecule has 104 valence electrons. The van der Waals surface area contributed by atoms with Gasteiger partial charge in [0.1, 0.15) is 6.04 Å². The van der Waals surface area contributed by atoms with Crippen molar-refractivity contribution in [2.45, 2.75) is 32.4 Å². The minimum Gasteiger partial charge on any atom is -0.480 e. The van der Waals surface area contributed by atoms with Gasteiger partial charge in [-0.05, 0) is 18.8 Å². The zero-order valence-electron chi connectivity index (χ0n) is 10.8. The SMILES string of the molecule is CC1CCCN(C(=O)NCc2cnc[nH]2)C1C(=O)O. The Hall–Kier alpha value is -2.05. The molecule has 1 saturated heterocycles. The van der Waals surface area contributed by atoms with Crippen LogP contribution in [0.2, 0.25) is 0 Å². The van der Waals surface area contributed by atoms with Gasteiger partial charge in [0.2, 0.25) is 0 Å². The Balaban J connectivity index is 1.97. The molecule has 1 aromatic heterocycles. The number of hydrogen-bond donors (Lipinski definition) is 3. The molecule has 19 heavy (non-hydrogen) atoms. The molecule has 1 aliphatic heterocycles. The first-order valence-corrected chi connectivity index (χ1v) is 6.34. The van der Waals surface area contributed by atoms with Gasteiger partial charge in [0.25, 0.3) is 0 Å². The summed E-state index contributed by atoms with van der Waals surface area (Å²) >= 11 is 0. The van der Waals surface area contributed by atoms with Gasteiger partial charge in [-0.15, -0.1) is 0 Å². The van der Waals surface area contributed by atoms with Gasteiger partial charge in [0, 0.05) is 12.7 Å². The summed E-state index contributed by atoms with van der Waals surface area (Å²) in [6, 6.07) is -1.08. The van der Waals surface area contributed by atoms with E-state index in [1.54, 1.807) is 6.20 Å². The number of amides is 2. The minimum atomic E-state index is -0.941. The van der Waals surface area contributed by atoms with Crippen molar-refractivity contribution in [1.82, 2.24) is 20.2 Å². The lowest BCUT2D eigenvalue weighted by Gasteiger charge is -2.37. The fraction of sp³-hybridized carbons (Fsp3) is 0.583. The number of aromatic nitrogens is 2. The van der Waals surface area contributed by atoms with E-state index in [1.807, 2.05) is 6.92 Å². The molecule has 1 aromatic rings. The average Bonchev–Trinajstić information content (AvgIpc) is 2.88. The van der Waals surface area contributed by atoms with E-state index in [1.165, 1.54) is 11.2 Å². The molecule has 0 radical (unpaired) electrons. The molecule has 2 heterocycles. The summed E-state index contributed by atoms with van der Waals surface area (Å²) in [4.78, 5) is 31.5. The van der Waals surface area contributed by atoms with Crippen LogP contribution >= 0.6 is 0 Å². The lowest BCUT2D eigenvalue weighted by molar-refractivity contribution is -0.145. The number of urea groups is 1. The Morgan fingerprint density at radius 2 is 2.42 bits per heavy atom. The standard InChI is InChI=1S/C12H18N4O3/c1-8-3-2-4-16(10(8)11(17)18)12(19)14-6-9-5-13-7-15-9/h5,7-8,10H,2-4,6H2,1H3,(H,13,15)(H,14,19)(H,17,18). The summed E-state index contributed by atoms with van der Waals surface area (Å²) in [6.45, 7) is 2.67. The molecule has 0 aliphatic carbocycles. The van der Waals surface area contributed by atoms with Crippen LogP contribution in [0.5, 0.6) is 0 Å². The van der Waals surface area contributed by atoms with Gasteiger partial charge < -0.3 is 20.3 Å². The zero-order chi connectivity index (χ0) is 13.8. The predicted molar refractivity (Wildman–Crippen MR) is 67.4 cm³/mol. The summed E-state index contributed by atoms with van der Waals surface area (Å²) in [5, 5.41) is 12.0. The third-order valence-corrected chi connectivity index (χ3v) is 3.43. The molecule has 7 heteroatoms. The molecule has 0 spiro atoms. The van der Waals surface area contributed by atoms with Crippen molar-refractivity contribution in [3.05, 3.63) is 18.2 Å². The Morgan fingerprint density at radius 1 is 1.63 bits per heavy atom. The molecule has 1 aliphatic rings. The number of carboxylic acids is 1. The number of aromatic amines is 1. The highest BCUT2D eigenvalue weighted by atomic mass is 16.4. The van der Waals surface area contributed by atoms with Gasteiger partial charge in [-0.1, -0.05) is 6.92 Å². The lowest BCUT2D eigenvalue weighted by atomic mass is 9.91. The van der Waals surface area contributed by atoms with Crippen LogP contribution in [0, 0.1) is 5.92 Å². The molecule has 2 atom stereocenters. The Kier molecular flexibility index (Phi) is 4.03. The Bertz CT molecular complexity index is 446. The number of imidazole rings is 1. The van der Waals surface area contributed by atoms with E-state index in [-0.39, 0.29) is 11.9 Å².